The molecule has 6 nitrogen and oxygen atoms in total. The first kappa shape index (κ1) is 16.8. The van der Waals surface area contributed by atoms with Crippen LogP contribution in [0.1, 0.15) is 22.3 Å². The molecule has 1 aliphatic rings. The summed E-state index contributed by atoms with van der Waals surface area (Å²) in [4.78, 5) is 24.2. The van der Waals surface area contributed by atoms with Crippen LogP contribution in [0.15, 0.2) is 42.5 Å². The number of benzene rings is 2. The quantitative estimate of drug-likeness (QED) is 0.876. The van der Waals surface area contributed by atoms with Gasteiger partial charge in [0, 0.05) is 12.1 Å². The molecule has 25 heavy (non-hydrogen) atoms. The lowest BCUT2D eigenvalue weighted by atomic mass is 10.1. The smallest absolute Gasteiger partial charge is 0.255 e. The van der Waals surface area contributed by atoms with Crippen molar-refractivity contribution in [3.8, 4) is 11.5 Å². The Labute approximate surface area is 146 Å². The molecule has 0 bridgehead atoms. The molecule has 2 aromatic carbocycles. The van der Waals surface area contributed by atoms with E-state index < -0.39 is 0 Å². The minimum absolute atomic E-state index is 0.106. The highest BCUT2D eigenvalue weighted by molar-refractivity contribution is 5.99. The van der Waals surface area contributed by atoms with Crippen LogP contribution in [0.2, 0.25) is 0 Å². The van der Waals surface area contributed by atoms with E-state index in [0.29, 0.717) is 43.0 Å². The number of amides is 2. The molecule has 1 aliphatic heterocycles. The molecule has 2 amide bonds. The topological polar surface area (TPSA) is 76.7 Å². The van der Waals surface area contributed by atoms with Crippen molar-refractivity contribution < 1.29 is 19.1 Å². The second kappa shape index (κ2) is 7.70. The van der Waals surface area contributed by atoms with E-state index in [1.54, 1.807) is 25.3 Å². The maximum Gasteiger partial charge on any atom is 0.255 e. The van der Waals surface area contributed by atoms with Crippen molar-refractivity contribution in [1.29, 1.82) is 0 Å². The first-order chi connectivity index (χ1) is 12.2. The largest absolute Gasteiger partial charge is 0.497 e. The Morgan fingerprint density at radius 1 is 1.24 bits per heavy atom. The Balaban J connectivity index is 1.60. The molecular weight excluding hydrogens is 320 g/mol. The maximum absolute atomic E-state index is 12.2. The van der Waals surface area contributed by atoms with Gasteiger partial charge in [-0.2, -0.15) is 0 Å². The fraction of sp³-hybridized carbons (Fsp3) is 0.263. The van der Waals surface area contributed by atoms with Crippen LogP contribution in [0.3, 0.4) is 0 Å². The number of nitrogens with one attached hydrogen (secondary N) is 2. The van der Waals surface area contributed by atoms with Gasteiger partial charge in [0.2, 0.25) is 5.91 Å². The summed E-state index contributed by atoms with van der Waals surface area (Å²) in [5.74, 6) is 1.03. The first-order valence-corrected chi connectivity index (χ1v) is 8.13. The van der Waals surface area contributed by atoms with E-state index in [-0.39, 0.29) is 11.8 Å². The summed E-state index contributed by atoms with van der Waals surface area (Å²) in [6.07, 6.45) is 0.983. The van der Waals surface area contributed by atoms with Crippen LogP contribution in [0.4, 0.5) is 5.69 Å². The molecule has 0 aromatic heterocycles. The van der Waals surface area contributed by atoms with E-state index in [4.69, 9.17) is 9.47 Å². The number of anilines is 1. The van der Waals surface area contributed by atoms with Crippen LogP contribution >= 0.6 is 0 Å². The molecule has 0 radical (unpaired) electrons. The molecule has 0 saturated carbocycles. The highest BCUT2D eigenvalue weighted by Crippen LogP contribution is 2.24. The summed E-state index contributed by atoms with van der Waals surface area (Å²) in [6.45, 7) is 0.906. The summed E-state index contributed by atoms with van der Waals surface area (Å²) in [5, 5.41) is 5.58. The van der Waals surface area contributed by atoms with E-state index >= 15 is 0 Å². The van der Waals surface area contributed by atoms with Gasteiger partial charge in [0.1, 0.15) is 18.1 Å². The number of carbonyl (C=O) groups excluding carboxylic acids is 2. The average Bonchev–Trinajstić information content (AvgIpc) is 2.82. The van der Waals surface area contributed by atoms with Gasteiger partial charge in [-0.1, -0.05) is 12.1 Å². The lowest BCUT2D eigenvalue weighted by molar-refractivity contribution is -0.116. The van der Waals surface area contributed by atoms with Crippen molar-refractivity contribution >= 4 is 17.5 Å². The van der Waals surface area contributed by atoms with Crippen molar-refractivity contribution in [3.05, 3.63) is 53.6 Å². The van der Waals surface area contributed by atoms with Crippen LogP contribution in [-0.4, -0.2) is 32.1 Å². The highest BCUT2D eigenvalue weighted by atomic mass is 16.5. The van der Waals surface area contributed by atoms with Gasteiger partial charge in [-0.3, -0.25) is 9.59 Å². The maximum atomic E-state index is 12.2. The monoisotopic (exact) mass is 340 g/mol. The fourth-order valence-electron chi connectivity index (χ4n) is 2.61. The average molecular weight is 340 g/mol. The van der Waals surface area contributed by atoms with Crippen LogP contribution in [-0.2, 0) is 11.2 Å². The second-order valence-electron chi connectivity index (χ2n) is 5.71. The normalized spacial score (nSPS) is 13.1. The lowest BCUT2D eigenvalue weighted by Crippen LogP contribution is -2.24. The molecule has 6 heteroatoms. The van der Waals surface area contributed by atoms with E-state index in [0.717, 1.165) is 11.3 Å². The molecule has 0 unspecified atom stereocenters. The van der Waals surface area contributed by atoms with Gasteiger partial charge >= 0.3 is 0 Å². The number of hydrogen-bond acceptors (Lipinski definition) is 4. The first-order valence-electron chi connectivity index (χ1n) is 8.13. The van der Waals surface area contributed by atoms with Crippen molar-refractivity contribution in [2.45, 2.75) is 12.8 Å². The zero-order valence-corrected chi connectivity index (χ0v) is 14.0. The van der Waals surface area contributed by atoms with E-state index in [9.17, 15) is 9.59 Å². The molecule has 3 rings (SSSR count). The molecule has 0 fully saturated rings. The lowest BCUT2D eigenvalue weighted by Gasteiger charge is -2.10. The minimum Gasteiger partial charge on any atom is -0.497 e. The zero-order chi connectivity index (χ0) is 17.6. The standard InChI is InChI=1S/C19H20N2O4/c1-24-15-6-2-13(3-7-15)4-9-18(22)21-14-5-8-17-16(12-14)19(23)20-10-11-25-17/h2-3,5-8,12H,4,9-11H2,1H3,(H,20,23)(H,21,22). The van der Waals surface area contributed by atoms with Gasteiger partial charge in [-0.25, -0.2) is 0 Å². The summed E-state index contributed by atoms with van der Waals surface area (Å²) in [7, 11) is 1.62. The van der Waals surface area contributed by atoms with E-state index in [1.165, 1.54) is 0 Å². The van der Waals surface area contributed by atoms with Crippen molar-refractivity contribution in [3.63, 3.8) is 0 Å². The van der Waals surface area contributed by atoms with Crippen LogP contribution in [0.5, 0.6) is 11.5 Å². The van der Waals surface area contributed by atoms with Gasteiger partial charge in [-0.05, 0) is 42.3 Å². The number of rotatable bonds is 5. The van der Waals surface area contributed by atoms with Gasteiger partial charge in [0.05, 0.1) is 19.2 Å². The minimum atomic E-state index is -0.193. The van der Waals surface area contributed by atoms with E-state index in [2.05, 4.69) is 10.6 Å². The predicted octanol–water partition coefficient (Wildman–Crippen LogP) is 2.39. The summed E-state index contributed by atoms with van der Waals surface area (Å²) < 4.78 is 10.6. The molecule has 130 valence electrons. The second-order valence-corrected chi connectivity index (χ2v) is 5.71. The highest BCUT2D eigenvalue weighted by Gasteiger charge is 2.17. The third-order valence-corrected chi connectivity index (χ3v) is 3.95. The molecule has 0 atom stereocenters. The summed E-state index contributed by atoms with van der Waals surface area (Å²) in [5.41, 5.74) is 2.08. The van der Waals surface area contributed by atoms with Crippen LogP contribution < -0.4 is 20.1 Å². The van der Waals surface area contributed by atoms with Gasteiger partial charge in [0.15, 0.2) is 0 Å². The Morgan fingerprint density at radius 3 is 2.80 bits per heavy atom. The number of methoxy groups -OCH3 is 1. The summed E-state index contributed by atoms with van der Waals surface area (Å²) >= 11 is 0. The molecule has 0 saturated heterocycles. The van der Waals surface area contributed by atoms with Crippen LogP contribution in [0.25, 0.3) is 0 Å². The number of ether oxygens (including phenoxy) is 2. The van der Waals surface area contributed by atoms with Gasteiger partial charge < -0.3 is 20.1 Å². The van der Waals surface area contributed by atoms with E-state index in [1.807, 2.05) is 24.3 Å². The van der Waals surface area contributed by atoms with Gasteiger partial charge in [-0.15, -0.1) is 0 Å². The predicted molar refractivity (Wildman–Crippen MR) is 94.2 cm³/mol. The molecule has 0 aliphatic carbocycles. The molecule has 1 heterocycles. The molecule has 0 spiro atoms. The third-order valence-electron chi connectivity index (χ3n) is 3.95. The number of aryl methyl sites for hydroxylation is 1. The zero-order valence-electron chi connectivity index (χ0n) is 14.0. The number of hydrogen-bond donors (Lipinski definition) is 2. The Bertz CT molecular complexity index is 771. The third kappa shape index (κ3) is 4.29. The Kier molecular flexibility index (Phi) is 5.18. The molecule has 2 N–H and O–H groups in total. The van der Waals surface area contributed by atoms with Gasteiger partial charge in [0.25, 0.3) is 5.91 Å². The Hall–Kier alpha value is -3.02. The van der Waals surface area contributed by atoms with Crippen molar-refractivity contribution in [2.24, 2.45) is 0 Å². The Morgan fingerprint density at radius 2 is 2.04 bits per heavy atom. The fourth-order valence-corrected chi connectivity index (χ4v) is 2.61. The van der Waals surface area contributed by atoms with Crippen molar-refractivity contribution in [1.82, 2.24) is 5.32 Å². The summed E-state index contributed by atoms with van der Waals surface area (Å²) in [6, 6.07) is 12.7. The van der Waals surface area contributed by atoms with Crippen molar-refractivity contribution in [2.75, 3.05) is 25.6 Å². The number of carbonyl (C=O) groups is 2. The van der Waals surface area contributed by atoms with Crippen LogP contribution in [0, 0.1) is 0 Å². The SMILES string of the molecule is COc1ccc(CCC(=O)Nc2ccc3c(c2)C(=O)NCCO3)cc1. The molecule has 2 aromatic rings. The number of fused-ring (bicyclic) bond motifs is 1. The molecular formula is C19H20N2O4.